The summed E-state index contributed by atoms with van der Waals surface area (Å²) in [6.07, 6.45) is 0. The minimum atomic E-state index is -0.650. The van der Waals surface area contributed by atoms with Gasteiger partial charge >= 0.3 is 0 Å². The number of nitrogens with one attached hydrogen (secondary N) is 1. The molecule has 0 unspecified atom stereocenters. The molecule has 0 bridgehead atoms. The predicted octanol–water partition coefficient (Wildman–Crippen LogP) is 3.55. The van der Waals surface area contributed by atoms with Crippen molar-refractivity contribution < 1.29 is 9.18 Å². The Labute approximate surface area is 123 Å². The molecule has 0 aromatic heterocycles. The second-order valence-electron chi connectivity index (χ2n) is 3.74. The van der Waals surface area contributed by atoms with E-state index in [1.165, 1.54) is 18.2 Å². The molecule has 0 saturated carbocycles. The Hall–Kier alpha value is -1.94. The molecule has 0 heterocycles. The topological polar surface area (TPSA) is 52.9 Å². The summed E-state index contributed by atoms with van der Waals surface area (Å²) in [5, 5.41) is 11.4. The molecule has 3 nitrogen and oxygen atoms in total. The Morgan fingerprint density at radius 1 is 1.26 bits per heavy atom. The van der Waals surface area contributed by atoms with Gasteiger partial charge in [0.05, 0.1) is 5.69 Å². The summed E-state index contributed by atoms with van der Waals surface area (Å²) in [4.78, 5) is 12.0. The zero-order valence-electron chi connectivity index (χ0n) is 9.65. The highest BCUT2D eigenvalue weighted by Gasteiger charge is 2.12. The number of hydrogen-bond acceptors (Lipinski definition) is 2. The van der Waals surface area contributed by atoms with E-state index >= 15 is 0 Å². The summed E-state index contributed by atoms with van der Waals surface area (Å²) in [7, 11) is 0. The number of amides is 1. The highest BCUT2D eigenvalue weighted by atomic mass is 127. The van der Waals surface area contributed by atoms with Gasteiger partial charge in [0.2, 0.25) is 0 Å². The molecule has 0 saturated heterocycles. The Morgan fingerprint density at radius 2 is 2.00 bits per heavy atom. The van der Waals surface area contributed by atoms with Crippen LogP contribution >= 0.6 is 22.6 Å². The number of hydrogen-bond donors (Lipinski definition) is 1. The lowest BCUT2D eigenvalue weighted by molar-refractivity contribution is 0.102. The number of carbonyl (C=O) groups is 1. The molecular weight excluding hydrogens is 358 g/mol. The van der Waals surface area contributed by atoms with Crippen LogP contribution in [0.5, 0.6) is 0 Å². The quantitative estimate of drug-likeness (QED) is 0.827. The molecule has 0 aliphatic carbocycles. The number of carbonyl (C=O) groups excluding carboxylic acids is 1. The van der Waals surface area contributed by atoms with Crippen molar-refractivity contribution in [2.24, 2.45) is 0 Å². The third-order valence-corrected chi connectivity index (χ3v) is 3.13. The largest absolute Gasteiger partial charge is 0.321 e. The van der Waals surface area contributed by atoms with Crippen LogP contribution in [0.2, 0.25) is 0 Å². The molecule has 0 atom stereocenters. The second-order valence-corrected chi connectivity index (χ2v) is 4.98. The smallest absolute Gasteiger partial charge is 0.255 e. The first kappa shape index (κ1) is 13.5. The third-order valence-electron chi connectivity index (χ3n) is 2.46. The first-order valence-corrected chi connectivity index (χ1v) is 6.45. The summed E-state index contributed by atoms with van der Waals surface area (Å²) in [5.74, 6) is -1.02. The molecule has 1 N–H and O–H groups in total. The van der Waals surface area contributed by atoms with Crippen molar-refractivity contribution in [2.45, 2.75) is 0 Å². The first-order valence-electron chi connectivity index (χ1n) is 5.37. The minimum absolute atomic E-state index is 0.165. The van der Waals surface area contributed by atoms with E-state index in [9.17, 15) is 9.18 Å². The normalized spacial score (nSPS) is 9.74. The summed E-state index contributed by atoms with van der Waals surface area (Å²) in [6, 6.07) is 12.8. The van der Waals surface area contributed by atoms with Crippen LogP contribution in [0.1, 0.15) is 15.9 Å². The summed E-state index contributed by atoms with van der Waals surface area (Å²) in [5.41, 5.74) is 0.466. The minimum Gasteiger partial charge on any atom is -0.321 e. The average molecular weight is 366 g/mol. The van der Waals surface area contributed by atoms with Gasteiger partial charge in [0, 0.05) is 9.13 Å². The second kappa shape index (κ2) is 5.80. The van der Waals surface area contributed by atoms with Crippen LogP contribution in [-0.2, 0) is 0 Å². The lowest BCUT2D eigenvalue weighted by Gasteiger charge is -2.07. The number of halogens is 2. The van der Waals surface area contributed by atoms with Gasteiger partial charge in [-0.1, -0.05) is 12.1 Å². The average Bonchev–Trinajstić information content (AvgIpc) is 2.39. The summed E-state index contributed by atoms with van der Waals surface area (Å²) < 4.78 is 14.3. The molecule has 0 fully saturated rings. The van der Waals surface area contributed by atoms with E-state index in [-0.39, 0.29) is 17.2 Å². The van der Waals surface area contributed by atoms with Gasteiger partial charge in [0.15, 0.2) is 0 Å². The molecule has 0 aliphatic heterocycles. The van der Waals surface area contributed by atoms with Crippen LogP contribution < -0.4 is 5.32 Å². The van der Waals surface area contributed by atoms with Gasteiger partial charge in [-0.3, -0.25) is 4.79 Å². The van der Waals surface area contributed by atoms with E-state index < -0.39 is 5.82 Å². The molecule has 19 heavy (non-hydrogen) atoms. The fraction of sp³-hybridized carbons (Fsp3) is 0. The molecule has 1 amide bonds. The fourth-order valence-electron chi connectivity index (χ4n) is 1.57. The monoisotopic (exact) mass is 366 g/mol. The van der Waals surface area contributed by atoms with Crippen molar-refractivity contribution >= 4 is 34.2 Å². The summed E-state index contributed by atoms with van der Waals surface area (Å²) in [6.45, 7) is 0. The molecule has 0 spiro atoms. The number of anilines is 1. The Balaban J connectivity index is 2.30. The first-order chi connectivity index (χ1) is 9.11. The fourth-order valence-corrected chi connectivity index (χ4v) is 2.11. The van der Waals surface area contributed by atoms with Gasteiger partial charge in [0.1, 0.15) is 17.4 Å². The number of nitrogens with zero attached hydrogens (tertiary/aromatic N) is 1. The Morgan fingerprint density at radius 3 is 2.68 bits per heavy atom. The van der Waals surface area contributed by atoms with Crippen LogP contribution in [0.3, 0.4) is 0 Å². The highest BCUT2D eigenvalue weighted by Crippen LogP contribution is 2.19. The van der Waals surface area contributed by atoms with Crippen molar-refractivity contribution in [2.75, 3.05) is 5.32 Å². The lowest BCUT2D eigenvalue weighted by Crippen LogP contribution is -2.13. The van der Waals surface area contributed by atoms with E-state index in [0.717, 1.165) is 3.57 Å². The zero-order chi connectivity index (χ0) is 13.8. The van der Waals surface area contributed by atoms with Gasteiger partial charge < -0.3 is 5.32 Å². The Bertz CT molecular complexity index is 679. The van der Waals surface area contributed by atoms with E-state index in [4.69, 9.17) is 5.26 Å². The lowest BCUT2D eigenvalue weighted by atomic mass is 10.1. The SMILES string of the molecule is N#Cc1c(F)cccc1NC(=O)c1cccc(I)c1. The molecule has 2 aromatic rings. The predicted molar refractivity (Wildman–Crippen MR) is 78.2 cm³/mol. The van der Waals surface area contributed by atoms with E-state index in [1.807, 2.05) is 6.07 Å². The third kappa shape index (κ3) is 3.09. The van der Waals surface area contributed by atoms with Crippen molar-refractivity contribution in [1.82, 2.24) is 0 Å². The highest BCUT2D eigenvalue weighted by molar-refractivity contribution is 14.1. The van der Waals surface area contributed by atoms with E-state index in [2.05, 4.69) is 27.9 Å². The van der Waals surface area contributed by atoms with Crippen LogP contribution in [0, 0.1) is 20.7 Å². The molecule has 5 heteroatoms. The van der Waals surface area contributed by atoms with Crippen molar-refractivity contribution in [3.8, 4) is 6.07 Å². The molecule has 0 radical (unpaired) electrons. The van der Waals surface area contributed by atoms with Crippen molar-refractivity contribution in [3.63, 3.8) is 0 Å². The number of nitriles is 1. The molecule has 94 valence electrons. The van der Waals surface area contributed by atoms with Gasteiger partial charge in [-0.15, -0.1) is 0 Å². The van der Waals surface area contributed by atoms with Crippen LogP contribution in [0.25, 0.3) is 0 Å². The van der Waals surface area contributed by atoms with Gasteiger partial charge in [-0.05, 0) is 52.9 Å². The van der Waals surface area contributed by atoms with Gasteiger partial charge in [-0.2, -0.15) is 5.26 Å². The van der Waals surface area contributed by atoms with Crippen LogP contribution in [0.15, 0.2) is 42.5 Å². The molecule has 2 aromatic carbocycles. The number of rotatable bonds is 2. The zero-order valence-corrected chi connectivity index (χ0v) is 11.8. The molecule has 2 rings (SSSR count). The van der Waals surface area contributed by atoms with Gasteiger partial charge in [-0.25, -0.2) is 4.39 Å². The number of benzene rings is 2. The summed E-state index contributed by atoms with van der Waals surface area (Å²) >= 11 is 2.10. The maximum Gasteiger partial charge on any atom is 0.255 e. The van der Waals surface area contributed by atoms with Crippen molar-refractivity contribution in [3.05, 3.63) is 63.0 Å². The maximum atomic E-state index is 13.4. The van der Waals surface area contributed by atoms with Crippen LogP contribution in [-0.4, -0.2) is 5.91 Å². The van der Waals surface area contributed by atoms with Gasteiger partial charge in [0.25, 0.3) is 5.91 Å². The van der Waals surface area contributed by atoms with E-state index in [0.29, 0.717) is 5.56 Å². The maximum absolute atomic E-state index is 13.4. The van der Waals surface area contributed by atoms with Crippen molar-refractivity contribution in [1.29, 1.82) is 5.26 Å². The standard InChI is InChI=1S/C14H8FIN2O/c15-12-5-2-6-13(11(12)8-17)18-14(19)9-3-1-4-10(16)7-9/h1-7H,(H,18,19). The molecular formula is C14H8FIN2O. The van der Waals surface area contributed by atoms with E-state index in [1.54, 1.807) is 24.3 Å². The molecule has 0 aliphatic rings. The Kier molecular flexibility index (Phi) is 4.12. The van der Waals surface area contributed by atoms with Crippen LogP contribution in [0.4, 0.5) is 10.1 Å².